The van der Waals surface area contributed by atoms with E-state index in [1.165, 1.54) is 0 Å². The van der Waals surface area contributed by atoms with Crippen molar-refractivity contribution < 1.29 is 4.79 Å². The van der Waals surface area contributed by atoms with Gasteiger partial charge in [0.25, 0.3) is 0 Å². The lowest BCUT2D eigenvalue weighted by Gasteiger charge is -2.12. The molecule has 0 bridgehead atoms. The molecule has 3 nitrogen and oxygen atoms in total. The van der Waals surface area contributed by atoms with Crippen LogP contribution < -0.4 is 0 Å². The van der Waals surface area contributed by atoms with Crippen LogP contribution in [0.5, 0.6) is 0 Å². The molecule has 1 heterocycles. The van der Waals surface area contributed by atoms with E-state index in [1.807, 2.05) is 53.1 Å². The standard InChI is InChI=1S/C20H15BrN2O/c21-17-8-6-16(7-9-17)20(24)19-11-10-18(12-13-22)23(19)14-15-4-2-1-3-5-15/h1-11H,12,14H2. The Kier molecular flexibility index (Phi) is 4.93. The van der Waals surface area contributed by atoms with Crippen molar-refractivity contribution in [3.8, 4) is 6.07 Å². The van der Waals surface area contributed by atoms with Crippen molar-refractivity contribution in [2.45, 2.75) is 13.0 Å². The number of benzene rings is 2. The Labute approximate surface area is 149 Å². The van der Waals surface area contributed by atoms with E-state index >= 15 is 0 Å². The molecule has 0 saturated heterocycles. The summed E-state index contributed by atoms with van der Waals surface area (Å²) in [5, 5.41) is 9.05. The van der Waals surface area contributed by atoms with Gasteiger partial charge >= 0.3 is 0 Å². The predicted octanol–water partition coefficient (Wildman–Crippen LogP) is 4.60. The molecule has 0 N–H and O–H groups in total. The third-order valence-corrected chi connectivity index (χ3v) is 4.38. The first-order chi connectivity index (χ1) is 11.7. The molecule has 3 rings (SSSR count). The van der Waals surface area contributed by atoms with E-state index in [9.17, 15) is 4.79 Å². The molecule has 0 atom stereocenters. The first-order valence-corrected chi connectivity index (χ1v) is 8.38. The molecular formula is C20H15BrN2O. The van der Waals surface area contributed by atoms with Crippen molar-refractivity contribution in [3.05, 3.63) is 93.7 Å². The zero-order valence-electron chi connectivity index (χ0n) is 12.9. The Balaban J connectivity index is 2.00. The van der Waals surface area contributed by atoms with Crippen LogP contribution in [-0.4, -0.2) is 10.4 Å². The molecular weight excluding hydrogens is 364 g/mol. The highest BCUT2D eigenvalue weighted by molar-refractivity contribution is 9.10. The highest BCUT2D eigenvalue weighted by Gasteiger charge is 2.17. The molecule has 0 spiro atoms. The number of nitrogens with zero attached hydrogens (tertiary/aromatic N) is 2. The van der Waals surface area contributed by atoms with E-state index in [0.29, 0.717) is 17.8 Å². The fraction of sp³-hybridized carbons (Fsp3) is 0.100. The summed E-state index contributed by atoms with van der Waals surface area (Å²) < 4.78 is 2.87. The molecule has 3 aromatic rings. The highest BCUT2D eigenvalue weighted by atomic mass is 79.9. The van der Waals surface area contributed by atoms with E-state index in [4.69, 9.17) is 5.26 Å². The Morgan fingerprint density at radius 1 is 1.00 bits per heavy atom. The Bertz CT molecular complexity index is 890. The molecule has 0 saturated carbocycles. The number of carbonyl (C=O) groups is 1. The van der Waals surface area contributed by atoms with Crippen LogP contribution in [0.25, 0.3) is 0 Å². The van der Waals surface area contributed by atoms with Gasteiger partial charge in [0.15, 0.2) is 0 Å². The van der Waals surface area contributed by atoms with Crippen molar-refractivity contribution in [2.75, 3.05) is 0 Å². The van der Waals surface area contributed by atoms with Crippen LogP contribution >= 0.6 is 15.9 Å². The Hall–Kier alpha value is -2.64. The first kappa shape index (κ1) is 16.2. The van der Waals surface area contributed by atoms with Gasteiger partial charge in [-0.1, -0.05) is 46.3 Å². The maximum Gasteiger partial charge on any atom is 0.209 e. The fourth-order valence-corrected chi connectivity index (χ4v) is 2.91. The number of carbonyl (C=O) groups excluding carboxylic acids is 1. The fourth-order valence-electron chi connectivity index (χ4n) is 2.65. The summed E-state index contributed by atoms with van der Waals surface area (Å²) in [5.41, 5.74) is 3.18. The second kappa shape index (κ2) is 7.29. The van der Waals surface area contributed by atoms with E-state index in [1.54, 1.807) is 18.2 Å². The van der Waals surface area contributed by atoms with Gasteiger partial charge in [-0.25, -0.2) is 0 Å². The quantitative estimate of drug-likeness (QED) is 0.609. The lowest BCUT2D eigenvalue weighted by atomic mass is 10.1. The summed E-state index contributed by atoms with van der Waals surface area (Å²) in [5.74, 6) is -0.0392. The van der Waals surface area contributed by atoms with Gasteiger partial charge in [0.05, 0.1) is 18.2 Å². The second-order valence-electron chi connectivity index (χ2n) is 5.45. The van der Waals surface area contributed by atoms with E-state index in [2.05, 4.69) is 22.0 Å². The van der Waals surface area contributed by atoms with Gasteiger partial charge in [0.2, 0.25) is 5.78 Å². The van der Waals surface area contributed by atoms with Crippen molar-refractivity contribution in [1.29, 1.82) is 5.26 Å². The Morgan fingerprint density at radius 3 is 2.38 bits per heavy atom. The Morgan fingerprint density at radius 2 is 1.71 bits per heavy atom. The SMILES string of the molecule is N#CCc1ccc(C(=O)c2ccc(Br)cc2)n1Cc1ccccc1. The maximum atomic E-state index is 12.9. The van der Waals surface area contributed by atoms with Crippen LogP contribution in [0.1, 0.15) is 27.3 Å². The molecule has 4 heteroatoms. The molecule has 0 aliphatic heterocycles. The van der Waals surface area contributed by atoms with Crippen molar-refractivity contribution in [1.82, 2.24) is 4.57 Å². The van der Waals surface area contributed by atoms with E-state index in [-0.39, 0.29) is 12.2 Å². The van der Waals surface area contributed by atoms with Crippen LogP contribution in [0.4, 0.5) is 0 Å². The van der Waals surface area contributed by atoms with Gasteiger partial charge in [-0.15, -0.1) is 0 Å². The molecule has 0 aliphatic carbocycles. The number of hydrogen-bond acceptors (Lipinski definition) is 2. The van der Waals surface area contributed by atoms with E-state index in [0.717, 1.165) is 15.7 Å². The van der Waals surface area contributed by atoms with Crippen LogP contribution in [0.2, 0.25) is 0 Å². The van der Waals surface area contributed by atoms with Crippen LogP contribution in [0.15, 0.2) is 71.2 Å². The first-order valence-electron chi connectivity index (χ1n) is 7.58. The minimum Gasteiger partial charge on any atom is -0.336 e. The minimum absolute atomic E-state index is 0.0392. The number of rotatable bonds is 5. The zero-order chi connectivity index (χ0) is 16.9. The van der Waals surface area contributed by atoms with Gasteiger partial charge in [-0.3, -0.25) is 4.79 Å². The molecule has 0 amide bonds. The van der Waals surface area contributed by atoms with Crippen LogP contribution in [-0.2, 0) is 13.0 Å². The number of nitriles is 1. The monoisotopic (exact) mass is 378 g/mol. The maximum absolute atomic E-state index is 12.9. The largest absolute Gasteiger partial charge is 0.336 e. The van der Waals surface area contributed by atoms with Crippen molar-refractivity contribution >= 4 is 21.7 Å². The number of aromatic nitrogens is 1. The zero-order valence-corrected chi connectivity index (χ0v) is 14.5. The normalized spacial score (nSPS) is 10.3. The summed E-state index contributed by atoms with van der Waals surface area (Å²) >= 11 is 3.38. The highest BCUT2D eigenvalue weighted by Crippen LogP contribution is 2.19. The topological polar surface area (TPSA) is 45.8 Å². The molecule has 0 fully saturated rings. The van der Waals surface area contributed by atoms with Crippen LogP contribution in [0.3, 0.4) is 0 Å². The summed E-state index contributed by atoms with van der Waals surface area (Å²) in [7, 11) is 0. The molecule has 1 aromatic heterocycles. The number of hydrogen-bond donors (Lipinski definition) is 0. The second-order valence-corrected chi connectivity index (χ2v) is 6.37. The average Bonchev–Trinajstić information content (AvgIpc) is 2.99. The molecule has 2 aromatic carbocycles. The van der Waals surface area contributed by atoms with Gasteiger partial charge < -0.3 is 4.57 Å². The third kappa shape index (κ3) is 3.47. The van der Waals surface area contributed by atoms with E-state index < -0.39 is 0 Å². The van der Waals surface area contributed by atoms with Gasteiger partial charge in [0, 0.05) is 22.3 Å². The molecule has 0 unspecified atom stereocenters. The number of ketones is 1. The lowest BCUT2D eigenvalue weighted by Crippen LogP contribution is -2.13. The smallest absolute Gasteiger partial charge is 0.209 e. The lowest BCUT2D eigenvalue weighted by molar-refractivity contribution is 0.103. The molecule has 0 radical (unpaired) electrons. The predicted molar refractivity (Wildman–Crippen MR) is 96.9 cm³/mol. The summed E-state index contributed by atoms with van der Waals surface area (Å²) in [6.45, 7) is 0.572. The molecule has 24 heavy (non-hydrogen) atoms. The average molecular weight is 379 g/mol. The van der Waals surface area contributed by atoms with Crippen molar-refractivity contribution in [3.63, 3.8) is 0 Å². The number of halogens is 1. The molecule has 118 valence electrons. The minimum atomic E-state index is -0.0392. The summed E-state index contributed by atoms with van der Waals surface area (Å²) in [4.78, 5) is 12.9. The molecule has 0 aliphatic rings. The van der Waals surface area contributed by atoms with Gasteiger partial charge in [-0.2, -0.15) is 5.26 Å². The van der Waals surface area contributed by atoms with Crippen molar-refractivity contribution in [2.24, 2.45) is 0 Å². The summed E-state index contributed by atoms with van der Waals surface area (Å²) in [6.07, 6.45) is 0.278. The summed E-state index contributed by atoms with van der Waals surface area (Å²) in [6, 6.07) is 23.1. The van der Waals surface area contributed by atoms with Crippen LogP contribution in [0, 0.1) is 11.3 Å². The third-order valence-electron chi connectivity index (χ3n) is 3.85. The van der Waals surface area contributed by atoms with Gasteiger partial charge in [0.1, 0.15) is 0 Å². The van der Waals surface area contributed by atoms with Gasteiger partial charge in [-0.05, 0) is 42.0 Å².